The third-order valence-corrected chi connectivity index (χ3v) is 7.01. The molecule has 0 bridgehead atoms. The molecule has 7 heteroatoms. The molecule has 0 radical (unpaired) electrons. The Bertz CT molecular complexity index is 1040. The highest BCUT2D eigenvalue weighted by atomic mass is 35.5. The van der Waals surface area contributed by atoms with Gasteiger partial charge < -0.3 is 10.0 Å². The first-order valence-corrected chi connectivity index (χ1v) is 11.9. The SMILES string of the molecule is CC[C@@H](CC(C)=O)N1C(=O)[C@@](C)(CC(=O)O)C[C@H](c2cccc(Cl)c2)[C@H]1c1ccc(Cl)cc1. The van der Waals surface area contributed by atoms with E-state index in [1.165, 1.54) is 6.92 Å². The monoisotopic (exact) mass is 489 g/mol. The van der Waals surface area contributed by atoms with Crippen molar-refractivity contribution in [3.63, 3.8) is 0 Å². The van der Waals surface area contributed by atoms with Crippen LogP contribution in [0, 0.1) is 5.41 Å². The van der Waals surface area contributed by atoms with Gasteiger partial charge in [0.1, 0.15) is 5.78 Å². The van der Waals surface area contributed by atoms with Crippen molar-refractivity contribution in [2.75, 3.05) is 0 Å². The number of carbonyl (C=O) groups is 3. The molecular formula is C26H29Cl2NO4. The average Bonchev–Trinajstić information content (AvgIpc) is 2.74. The zero-order valence-electron chi connectivity index (χ0n) is 19.1. The highest BCUT2D eigenvalue weighted by Crippen LogP contribution is 2.52. The van der Waals surface area contributed by atoms with Gasteiger partial charge in [0.25, 0.3) is 0 Å². The standard InChI is InChI=1S/C26H29Cl2NO4/c1-4-21(12-16(2)30)29-24(17-8-10-19(27)11-9-17)22(18-6-5-7-20(28)13-18)14-26(3,25(29)33)15-23(31)32/h5-11,13,21-22,24H,4,12,14-15H2,1-3H3,(H,31,32)/t21-,22+,24+,26+/m0/s1. The molecule has 1 heterocycles. The minimum atomic E-state index is -1.12. The molecular weight excluding hydrogens is 461 g/mol. The molecule has 0 unspecified atom stereocenters. The second-order valence-corrected chi connectivity index (χ2v) is 10.0. The predicted molar refractivity (Wildman–Crippen MR) is 130 cm³/mol. The second-order valence-electron chi connectivity index (χ2n) is 9.17. The van der Waals surface area contributed by atoms with Crippen molar-refractivity contribution in [3.05, 3.63) is 69.7 Å². The Hall–Kier alpha value is -2.37. The topological polar surface area (TPSA) is 74.7 Å². The van der Waals surface area contributed by atoms with Crippen molar-refractivity contribution < 1.29 is 19.5 Å². The van der Waals surface area contributed by atoms with Crippen molar-refractivity contribution in [3.8, 4) is 0 Å². The van der Waals surface area contributed by atoms with Crippen molar-refractivity contribution >= 4 is 40.9 Å². The van der Waals surface area contributed by atoms with Gasteiger partial charge >= 0.3 is 5.97 Å². The van der Waals surface area contributed by atoms with Crippen LogP contribution in [0.25, 0.3) is 0 Å². The van der Waals surface area contributed by atoms with Gasteiger partial charge in [0.05, 0.1) is 17.9 Å². The third kappa shape index (κ3) is 5.59. The molecule has 176 valence electrons. The summed E-state index contributed by atoms with van der Waals surface area (Å²) in [7, 11) is 0. The minimum absolute atomic E-state index is 0.0191. The van der Waals surface area contributed by atoms with E-state index >= 15 is 0 Å². The number of likely N-dealkylation sites (tertiary alicyclic amines) is 1. The number of piperidine rings is 1. The molecule has 2 aromatic rings. The molecule has 0 saturated carbocycles. The van der Waals surface area contributed by atoms with Gasteiger partial charge in [0, 0.05) is 28.4 Å². The zero-order chi connectivity index (χ0) is 24.3. The molecule has 0 spiro atoms. The normalized spacial score (nSPS) is 23.9. The van der Waals surface area contributed by atoms with E-state index in [4.69, 9.17) is 23.2 Å². The number of hydrogen-bond acceptors (Lipinski definition) is 3. The number of halogens is 2. The van der Waals surface area contributed by atoms with Crippen LogP contribution < -0.4 is 0 Å². The summed E-state index contributed by atoms with van der Waals surface area (Å²) in [5, 5.41) is 10.8. The minimum Gasteiger partial charge on any atom is -0.481 e. The van der Waals surface area contributed by atoms with Crippen LogP contribution in [0.2, 0.25) is 10.0 Å². The number of carbonyl (C=O) groups excluding carboxylic acids is 2. The van der Waals surface area contributed by atoms with Crippen LogP contribution >= 0.6 is 23.2 Å². The van der Waals surface area contributed by atoms with E-state index in [0.29, 0.717) is 22.9 Å². The maximum atomic E-state index is 14.0. The molecule has 2 aromatic carbocycles. The first-order chi connectivity index (χ1) is 15.6. The molecule has 1 aliphatic rings. The predicted octanol–water partition coefficient (Wildman–Crippen LogP) is 6.29. The summed E-state index contributed by atoms with van der Waals surface area (Å²) in [5.74, 6) is -1.50. The second kappa shape index (κ2) is 10.3. The van der Waals surface area contributed by atoms with Crippen LogP contribution in [0.5, 0.6) is 0 Å². The Morgan fingerprint density at radius 3 is 2.33 bits per heavy atom. The fourth-order valence-corrected chi connectivity index (χ4v) is 5.38. The number of nitrogens with zero attached hydrogens (tertiary/aromatic N) is 1. The summed E-state index contributed by atoms with van der Waals surface area (Å²) in [6.45, 7) is 5.17. The van der Waals surface area contributed by atoms with E-state index in [1.807, 2.05) is 37.3 Å². The molecule has 0 aromatic heterocycles. The van der Waals surface area contributed by atoms with E-state index in [1.54, 1.807) is 30.0 Å². The van der Waals surface area contributed by atoms with Gasteiger partial charge in [-0.3, -0.25) is 14.4 Å². The summed E-state index contributed by atoms with van der Waals surface area (Å²) in [5.41, 5.74) is 0.692. The fourth-order valence-electron chi connectivity index (χ4n) is 5.05. The van der Waals surface area contributed by atoms with Gasteiger partial charge in [0.2, 0.25) is 5.91 Å². The van der Waals surface area contributed by atoms with Crippen molar-refractivity contribution in [1.82, 2.24) is 4.90 Å². The Kier molecular flexibility index (Phi) is 7.86. The molecule has 1 fully saturated rings. The molecule has 3 rings (SSSR count). The molecule has 33 heavy (non-hydrogen) atoms. The van der Waals surface area contributed by atoms with Crippen molar-refractivity contribution in [2.24, 2.45) is 5.41 Å². The highest BCUT2D eigenvalue weighted by Gasteiger charge is 2.52. The largest absolute Gasteiger partial charge is 0.481 e. The molecule has 4 atom stereocenters. The molecule has 1 amide bonds. The van der Waals surface area contributed by atoms with E-state index in [0.717, 1.165) is 11.1 Å². The van der Waals surface area contributed by atoms with Crippen LogP contribution in [0.15, 0.2) is 48.5 Å². The first kappa shape index (κ1) is 25.3. The Morgan fingerprint density at radius 2 is 1.79 bits per heavy atom. The summed E-state index contributed by atoms with van der Waals surface area (Å²) >= 11 is 12.5. The molecule has 1 N–H and O–H groups in total. The first-order valence-electron chi connectivity index (χ1n) is 11.1. The van der Waals surface area contributed by atoms with E-state index in [9.17, 15) is 19.5 Å². The quantitative estimate of drug-likeness (QED) is 0.472. The van der Waals surface area contributed by atoms with Crippen LogP contribution in [0.4, 0.5) is 0 Å². The van der Waals surface area contributed by atoms with E-state index in [2.05, 4.69) is 0 Å². The Labute approximate surface area is 204 Å². The lowest BCUT2D eigenvalue weighted by atomic mass is 9.67. The zero-order valence-corrected chi connectivity index (χ0v) is 20.6. The molecule has 0 aliphatic carbocycles. The molecule has 1 aliphatic heterocycles. The van der Waals surface area contributed by atoms with Gasteiger partial charge in [-0.15, -0.1) is 0 Å². The number of rotatable bonds is 8. The number of benzene rings is 2. The number of Topliss-reactive ketones (excluding diaryl/α,β-unsaturated/α-hetero) is 1. The molecule has 1 saturated heterocycles. The maximum Gasteiger partial charge on any atom is 0.304 e. The molecule has 5 nitrogen and oxygen atoms in total. The van der Waals surface area contributed by atoms with Crippen molar-refractivity contribution in [2.45, 2.75) is 64.5 Å². The van der Waals surface area contributed by atoms with E-state index in [-0.39, 0.29) is 42.5 Å². The number of carboxylic acids is 1. The van der Waals surface area contributed by atoms with Gasteiger partial charge in [-0.05, 0) is 55.2 Å². The van der Waals surface area contributed by atoms with E-state index < -0.39 is 11.4 Å². The highest BCUT2D eigenvalue weighted by molar-refractivity contribution is 6.30. The van der Waals surface area contributed by atoms with Crippen LogP contribution in [0.3, 0.4) is 0 Å². The van der Waals surface area contributed by atoms with Gasteiger partial charge in [-0.2, -0.15) is 0 Å². The number of carboxylic acid groups (broad SMARTS) is 1. The van der Waals surface area contributed by atoms with Gasteiger partial charge in [-0.1, -0.05) is 61.3 Å². The maximum absolute atomic E-state index is 14.0. The van der Waals surface area contributed by atoms with Crippen molar-refractivity contribution in [1.29, 1.82) is 0 Å². The van der Waals surface area contributed by atoms with Gasteiger partial charge in [-0.25, -0.2) is 0 Å². The smallest absolute Gasteiger partial charge is 0.304 e. The summed E-state index contributed by atoms with van der Waals surface area (Å²) in [6.07, 6.45) is 0.834. The van der Waals surface area contributed by atoms with Crippen LogP contribution in [0.1, 0.15) is 69.5 Å². The van der Waals surface area contributed by atoms with Crippen LogP contribution in [-0.2, 0) is 14.4 Å². The lowest BCUT2D eigenvalue weighted by molar-refractivity contribution is -0.161. The number of hydrogen-bond donors (Lipinski definition) is 1. The van der Waals surface area contributed by atoms with Crippen LogP contribution in [-0.4, -0.2) is 33.7 Å². The average molecular weight is 490 g/mol. The number of aliphatic carboxylic acids is 1. The lowest BCUT2D eigenvalue weighted by Gasteiger charge is -2.51. The third-order valence-electron chi connectivity index (χ3n) is 6.52. The van der Waals surface area contributed by atoms with Gasteiger partial charge in [0.15, 0.2) is 0 Å². The summed E-state index contributed by atoms with van der Waals surface area (Å²) < 4.78 is 0. The number of ketones is 1. The summed E-state index contributed by atoms with van der Waals surface area (Å²) in [6, 6.07) is 14.1. The Balaban J connectivity index is 2.24. The Morgan fingerprint density at radius 1 is 1.12 bits per heavy atom. The fraction of sp³-hybridized carbons (Fsp3) is 0.423. The summed E-state index contributed by atoms with van der Waals surface area (Å²) in [4.78, 5) is 39.6. The lowest BCUT2D eigenvalue weighted by Crippen LogP contribution is -2.56. The number of amides is 1.